The Hall–Kier alpha value is -1.04. The fourth-order valence-electron chi connectivity index (χ4n) is 1.42. The number of ether oxygens (including phenoxy) is 1. The van der Waals surface area contributed by atoms with Crippen LogP contribution < -0.4 is 0 Å². The predicted octanol–water partition coefficient (Wildman–Crippen LogP) is 1.27. The Balaban J connectivity index is 1.92. The lowest BCUT2D eigenvalue weighted by atomic mass is 10.1. The first kappa shape index (κ1) is 9.51. The highest BCUT2D eigenvalue weighted by Crippen LogP contribution is 2.22. The Kier molecular flexibility index (Phi) is 2.45. The second kappa shape index (κ2) is 3.61. The van der Waals surface area contributed by atoms with E-state index in [0.29, 0.717) is 13.1 Å². The van der Waals surface area contributed by atoms with Crippen molar-refractivity contribution in [2.75, 3.05) is 20.2 Å². The maximum Gasteiger partial charge on any atom is 0.409 e. The summed E-state index contributed by atoms with van der Waals surface area (Å²) in [6, 6.07) is 0.278. The van der Waals surface area contributed by atoms with Gasteiger partial charge in [0, 0.05) is 19.3 Å². The van der Waals surface area contributed by atoms with Crippen LogP contribution in [-0.2, 0) is 4.74 Å². The van der Waals surface area contributed by atoms with Gasteiger partial charge in [-0.05, 0) is 15.9 Å². The molecule has 6 heteroatoms. The van der Waals surface area contributed by atoms with Crippen LogP contribution in [0.2, 0.25) is 0 Å². The largest absolute Gasteiger partial charge is 0.453 e. The molecule has 1 aliphatic heterocycles. The molecule has 1 amide bonds. The van der Waals surface area contributed by atoms with Gasteiger partial charge in [0.05, 0.1) is 23.8 Å². The predicted molar refractivity (Wildman–Crippen MR) is 52.9 cm³/mol. The highest BCUT2D eigenvalue weighted by Gasteiger charge is 2.32. The van der Waals surface area contributed by atoms with Crippen LogP contribution in [0.4, 0.5) is 4.79 Å². The molecule has 5 nitrogen and oxygen atoms in total. The summed E-state index contributed by atoms with van der Waals surface area (Å²) in [5.41, 5.74) is 0. The third-order valence-corrected chi connectivity index (χ3v) is 2.65. The molecule has 0 bridgehead atoms. The molecule has 1 aromatic heterocycles. The summed E-state index contributed by atoms with van der Waals surface area (Å²) >= 11 is 3.32. The van der Waals surface area contributed by atoms with Crippen LogP contribution in [0.1, 0.15) is 6.04 Å². The molecule has 1 fully saturated rings. The average Bonchev–Trinajstić information content (AvgIpc) is 2.49. The monoisotopic (exact) mass is 259 g/mol. The van der Waals surface area contributed by atoms with Crippen molar-refractivity contribution in [2.45, 2.75) is 6.04 Å². The molecule has 0 aliphatic carbocycles. The number of rotatable bonds is 1. The number of methoxy groups -OCH3 is 1. The zero-order valence-electron chi connectivity index (χ0n) is 7.68. The number of hydrogen-bond acceptors (Lipinski definition) is 3. The Morgan fingerprint density at radius 2 is 2.43 bits per heavy atom. The van der Waals surface area contributed by atoms with E-state index in [1.54, 1.807) is 11.1 Å². The molecule has 1 saturated heterocycles. The summed E-state index contributed by atoms with van der Waals surface area (Å²) in [7, 11) is 1.39. The minimum Gasteiger partial charge on any atom is -0.453 e. The Bertz CT molecular complexity index is 346. The molecule has 14 heavy (non-hydrogen) atoms. The van der Waals surface area contributed by atoms with Gasteiger partial charge in [-0.1, -0.05) is 0 Å². The average molecular weight is 260 g/mol. The third-order valence-electron chi connectivity index (χ3n) is 2.24. The zero-order chi connectivity index (χ0) is 10.1. The third kappa shape index (κ3) is 1.61. The van der Waals surface area contributed by atoms with Crippen molar-refractivity contribution in [3.63, 3.8) is 0 Å². The summed E-state index contributed by atoms with van der Waals surface area (Å²) in [6.45, 7) is 1.33. The van der Waals surface area contributed by atoms with Crippen molar-refractivity contribution in [2.24, 2.45) is 0 Å². The van der Waals surface area contributed by atoms with Gasteiger partial charge in [0.2, 0.25) is 0 Å². The van der Waals surface area contributed by atoms with Gasteiger partial charge >= 0.3 is 6.09 Å². The van der Waals surface area contributed by atoms with E-state index in [1.165, 1.54) is 7.11 Å². The fourth-order valence-corrected chi connectivity index (χ4v) is 1.72. The first-order valence-electron chi connectivity index (χ1n) is 4.23. The van der Waals surface area contributed by atoms with Gasteiger partial charge < -0.3 is 9.64 Å². The van der Waals surface area contributed by atoms with E-state index in [4.69, 9.17) is 0 Å². The van der Waals surface area contributed by atoms with E-state index in [9.17, 15) is 4.79 Å². The summed E-state index contributed by atoms with van der Waals surface area (Å²) in [5, 5.41) is 4.15. The highest BCUT2D eigenvalue weighted by molar-refractivity contribution is 9.10. The van der Waals surface area contributed by atoms with E-state index in [2.05, 4.69) is 25.8 Å². The van der Waals surface area contributed by atoms with Crippen LogP contribution in [0, 0.1) is 0 Å². The van der Waals surface area contributed by atoms with Gasteiger partial charge in [-0.3, -0.25) is 4.68 Å². The Labute approximate surface area is 89.8 Å². The van der Waals surface area contributed by atoms with Crippen molar-refractivity contribution < 1.29 is 9.53 Å². The molecule has 2 heterocycles. The number of aromatic nitrogens is 2. The van der Waals surface area contributed by atoms with Crippen LogP contribution in [0.3, 0.4) is 0 Å². The molecule has 0 aromatic carbocycles. The first-order valence-corrected chi connectivity index (χ1v) is 5.02. The van der Waals surface area contributed by atoms with E-state index in [1.807, 2.05) is 10.9 Å². The number of nitrogens with zero attached hydrogens (tertiary/aromatic N) is 3. The maximum absolute atomic E-state index is 11.0. The number of carbonyl (C=O) groups excluding carboxylic acids is 1. The standard InChI is InChI=1S/C8H10BrN3O2/c1-14-8(13)11-4-7(5-11)12-3-6(9)2-10-12/h2-3,7H,4-5H2,1H3. The van der Waals surface area contributed by atoms with Gasteiger partial charge in [0.1, 0.15) is 0 Å². The molecule has 76 valence electrons. The Morgan fingerprint density at radius 3 is 2.93 bits per heavy atom. The number of likely N-dealkylation sites (tertiary alicyclic amines) is 1. The van der Waals surface area contributed by atoms with E-state index < -0.39 is 0 Å². The summed E-state index contributed by atoms with van der Waals surface area (Å²) in [4.78, 5) is 12.7. The fraction of sp³-hybridized carbons (Fsp3) is 0.500. The molecular formula is C8H10BrN3O2. The number of carbonyl (C=O) groups is 1. The van der Waals surface area contributed by atoms with Crippen LogP contribution in [0.25, 0.3) is 0 Å². The highest BCUT2D eigenvalue weighted by atomic mass is 79.9. The topological polar surface area (TPSA) is 47.4 Å². The second-order valence-corrected chi connectivity index (χ2v) is 4.08. The lowest BCUT2D eigenvalue weighted by molar-refractivity contribution is 0.0674. The zero-order valence-corrected chi connectivity index (χ0v) is 9.27. The molecule has 0 saturated carbocycles. The van der Waals surface area contributed by atoms with Crippen molar-refractivity contribution in [1.29, 1.82) is 0 Å². The van der Waals surface area contributed by atoms with Gasteiger partial charge in [-0.2, -0.15) is 5.10 Å². The molecule has 0 N–H and O–H groups in total. The normalized spacial score (nSPS) is 16.6. The minimum atomic E-state index is -0.271. The van der Waals surface area contributed by atoms with Crippen LogP contribution in [-0.4, -0.2) is 41.0 Å². The minimum absolute atomic E-state index is 0.271. The number of hydrogen-bond donors (Lipinski definition) is 0. The smallest absolute Gasteiger partial charge is 0.409 e. The van der Waals surface area contributed by atoms with E-state index in [-0.39, 0.29) is 12.1 Å². The van der Waals surface area contributed by atoms with E-state index >= 15 is 0 Å². The number of halogens is 1. The van der Waals surface area contributed by atoms with Crippen LogP contribution >= 0.6 is 15.9 Å². The maximum atomic E-state index is 11.0. The van der Waals surface area contributed by atoms with Crippen molar-refractivity contribution in [3.8, 4) is 0 Å². The number of amides is 1. The van der Waals surface area contributed by atoms with E-state index in [0.717, 1.165) is 4.47 Å². The molecule has 0 unspecified atom stereocenters. The van der Waals surface area contributed by atoms with Gasteiger partial charge in [0.25, 0.3) is 0 Å². The Morgan fingerprint density at radius 1 is 1.71 bits per heavy atom. The van der Waals surface area contributed by atoms with Gasteiger partial charge in [-0.25, -0.2) is 4.79 Å². The molecule has 2 rings (SSSR count). The molecule has 1 aliphatic rings. The molecule has 1 aromatic rings. The molecule has 0 atom stereocenters. The van der Waals surface area contributed by atoms with Crippen LogP contribution in [0.5, 0.6) is 0 Å². The summed E-state index contributed by atoms with van der Waals surface area (Å²) in [5.74, 6) is 0. The summed E-state index contributed by atoms with van der Waals surface area (Å²) in [6.07, 6.45) is 3.37. The second-order valence-electron chi connectivity index (χ2n) is 3.17. The lowest BCUT2D eigenvalue weighted by Crippen LogP contribution is -2.50. The van der Waals surface area contributed by atoms with Crippen molar-refractivity contribution in [3.05, 3.63) is 16.9 Å². The molecular weight excluding hydrogens is 250 g/mol. The SMILES string of the molecule is COC(=O)N1CC(n2cc(Br)cn2)C1. The molecule has 0 radical (unpaired) electrons. The first-order chi connectivity index (χ1) is 6.70. The van der Waals surface area contributed by atoms with Crippen molar-refractivity contribution in [1.82, 2.24) is 14.7 Å². The van der Waals surface area contributed by atoms with Crippen molar-refractivity contribution >= 4 is 22.0 Å². The van der Waals surface area contributed by atoms with Gasteiger partial charge in [0.15, 0.2) is 0 Å². The van der Waals surface area contributed by atoms with Crippen LogP contribution in [0.15, 0.2) is 16.9 Å². The lowest BCUT2D eigenvalue weighted by Gasteiger charge is -2.37. The quantitative estimate of drug-likeness (QED) is 0.763. The molecule has 0 spiro atoms. The van der Waals surface area contributed by atoms with Gasteiger partial charge in [-0.15, -0.1) is 0 Å². The summed E-state index contributed by atoms with van der Waals surface area (Å²) < 4.78 is 7.40.